The number of nitro groups is 1. The molecule has 0 spiro atoms. The third-order valence-electron chi connectivity index (χ3n) is 3.91. The molecule has 1 fully saturated rings. The quantitative estimate of drug-likeness (QED) is 0.622. The van der Waals surface area contributed by atoms with Crippen LogP contribution in [0, 0.1) is 27.3 Å². The van der Waals surface area contributed by atoms with Crippen LogP contribution in [0.3, 0.4) is 0 Å². The number of halogens is 1. The summed E-state index contributed by atoms with van der Waals surface area (Å²) in [4.78, 5) is 12.7. The van der Waals surface area contributed by atoms with E-state index in [2.05, 4.69) is 0 Å². The van der Waals surface area contributed by atoms with Crippen molar-refractivity contribution >= 4 is 11.4 Å². The highest BCUT2D eigenvalue weighted by Crippen LogP contribution is 2.36. The summed E-state index contributed by atoms with van der Waals surface area (Å²) < 4.78 is 13.4. The predicted octanol–water partition coefficient (Wildman–Crippen LogP) is 3.77. The lowest BCUT2D eigenvalue weighted by molar-refractivity contribution is -0.385. The number of benzene rings is 2. The van der Waals surface area contributed by atoms with E-state index in [1.54, 1.807) is 24.3 Å². The average molecular weight is 311 g/mol. The molecule has 1 aliphatic carbocycles. The van der Waals surface area contributed by atoms with Gasteiger partial charge in [-0.2, -0.15) is 5.26 Å². The molecule has 0 N–H and O–H groups in total. The second-order valence-electron chi connectivity index (χ2n) is 5.52. The fraction of sp³-hybridized carbons (Fsp3) is 0.235. The maximum atomic E-state index is 13.4. The van der Waals surface area contributed by atoms with E-state index in [-0.39, 0.29) is 17.3 Å². The van der Waals surface area contributed by atoms with Gasteiger partial charge >= 0.3 is 0 Å². The first-order valence-corrected chi connectivity index (χ1v) is 7.28. The molecule has 3 rings (SSSR count). The number of rotatable bonds is 5. The zero-order chi connectivity index (χ0) is 16.4. The van der Waals surface area contributed by atoms with E-state index in [1.807, 2.05) is 11.0 Å². The van der Waals surface area contributed by atoms with Gasteiger partial charge in [-0.3, -0.25) is 10.1 Å². The van der Waals surface area contributed by atoms with Gasteiger partial charge in [0.2, 0.25) is 0 Å². The first-order valence-electron chi connectivity index (χ1n) is 7.28. The van der Waals surface area contributed by atoms with Crippen LogP contribution in [0.15, 0.2) is 42.5 Å². The Morgan fingerprint density at radius 2 is 2.04 bits per heavy atom. The molecule has 0 radical (unpaired) electrons. The lowest BCUT2D eigenvalue weighted by atomic mass is 10.1. The summed E-state index contributed by atoms with van der Waals surface area (Å²) >= 11 is 0. The zero-order valence-corrected chi connectivity index (χ0v) is 12.3. The van der Waals surface area contributed by atoms with Gasteiger partial charge in [0.15, 0.2) is 0 Å². The first-order chi connectivity index (χ1) is 11.1. The van der Waals surface area contributed by atoms with E-state index in [1.165, 1.54) is 18.2 Å². The van der Waals surface area contributed by atoms with E-state index in [0.717, 1.165) is 12.8 Å². The standard InChI is InChI=1S/C17H14FN3O2/c18-14-5-8-16(13(9-14)10-19)20(15-6-7-15)11-12-3-1-2-4-17(12)21(22)23/h1-5,8-9,15H,6-7,11H2. The molecular weight excluding hydrogens is 297 g/mol. The maximum absolute atomic E-state index is 13.4. The molecule has 0 heterocycles. The van der Waals surface area contributed by atoms with Crippen molar-refractivity contribution in [1.82, 2.24) is 0 Å². The smallest absolute Gasteiger partial charge is 0.274 e. The fourth-order valence-electron chi connectivity index (χ4n) is 2.65. The molecule has 0 atom stereocenters. The van der Waals surface area contributed by atoms with Crippen LogP contribution in [0.1, 0.15) is 24.0 Å². The van der Waals surface area contributed by atoms with Crippen LogP contribution >= 0.6 is 0 Å². The molecule has 1 saturated carbocycles. The number of para-hydroxylation sites is 1. The largest absolute Gasteiger partial charge is 0.363 e. The van der Waals surface area contributed by atoms with Gasteiger partial charge in [0, 0.05) is 17.7 Å². The Bertz CT molecular complexity index is 797. The molecule has 0 aromatic heterocycles. The number of hydrogen-bond acceptors (Lipinski definition) is 4. The van der Waals surface area contributed by atoms with Gasteiger partial charge < -0.3 is 4.90 Å². The summed E-state index contributed by atoms with van der Waals surface area (Å²) in [7, 11) is 0. The van der Waals surface area contributed by atoms with Gasteiger partial charge in [-0.25, -0.2) is 4.39 Å². The van der Waals surface area contributed by atoms with Gasteiger partial charge in [-0.05, 0) is 31.0 Å². The van der Waals surface area contributed by atoms with E-state index < -0.39 is 10.7 Å². The minimum Gasteiger partial charge on any atom is -0.363 e. The van der Waals surface area contributed by atoms with Crippen molar-refractivity contribution in [2.75, 3.05) is 4.90 Å². The maximum Gasteiger partial charge on any atom is 0.274 e. The highest BCUT2D eigenvalue weighted by molar-refractivity contribution is 5.61. The molecule has 0 saturated heterocycles. The minimum atomic E-state index is -0.466. The highest BCUT2D eigenvalue weighted by Gasteiger charge is 2.32. The summed E-state index contributed by atoms with van der Waals surface area (Å²) in [6.07, 6.45) is 1.92. The van der Waals surface area contributed by atoms with Crippen LogP contribution in [-0.4, -0.2) is 11.0 Å². The summed E-state index contributed by atoms with van der Waals surface area (Å²) in [6.45, 7) is 0.322. The van der Waals surface area contributed by atoms with Crippen LogP contribution in [0.5, 0.6) is 0 Å². The first kappa shape index (κ1) is 15.0. The molecule has 0 bridgehead atoms. The third kappa shape index (κ3) is 3.14. The van der Waals surface area contributed by atoms with Gasteiger partial charge in [0.05, 0.1) is 22.7 Å². The Labute approximate surface area is 132 Å². The normalized spacial score (nSPS) is 13.4. The minimum absolute atomic E-state index is 0.0544. The van der Waals surface area contributed by atoms with Crippen molar-refractivity contribution in [2.24, 2.45) is 0 Å². The van der Waals surface area contributed by atoms with Crippen molar-refractivity contribution in [3.8, 4) is 6.07 Å². The Morgan fingerprint density at radius 1 is 1.30 bits per heavy atom. The number of anilines is 1. The average Bonchev–Trinajstić information content (AvgIpc) is 3.38. The van der Waals surface area contributed by atoms with Crippen LogP contribution in [-0.2, 0) is 6.54 Å². The summed E-state index contributed by atoms with van der Waals surface area (Å²) in [6, 6.07) is 12.9. The second-order valence-corrected chi connectivity index (χ2v) is 5.52. The van der Waals surface area contributed by atoms with E-state index in [9.17, 15) is 19.8 Å². The summed E-state index contributed by atoms with van der Waals surface area (Å²) in [5.74, 6) is -0.466. The van der Waals surface area contributed by atoms with E-state index >= 15 is 0 Å². The van der Waals surface area contributed by atoms with Gasteiger partial charge in [0.1, 0.15) is 11.9 Å². The summed E-state index contributed by atoms with van der Waals surface area (Å²) in [5.41, 5.74) is 1.50. The van der Waals surface area contributed by atoms with Crippen molar-refractivity contribution in [3.05, 3.63) is 69.5 Å². The highest BCUT2D eigenvalue weighted by atomic mass is 19.1. The summed E-state index contributed by atoms with van der Waals surface area (Å²) in [5, 5.41) is 20.4. The van der Waals surface area contributed by atoms with Crippen LogP contribution in [0.25, 0.3) is 0 Å². The molecule has 1 aliphatic rings. The van der Waals surface area contributed by atoms with Crippen molar-refractivity contribution < 1.29 is 9.31 Å². The van der Waals surface area contributed by atoms with E-state index in [0.29, 0.717) is 17.8 Å². The van der Waals surface area contributed by atoms with Crippen LogP contribution < -0.4 is 4.90 Å². The molecule has 2 aromatic rings. The van der Waals surface area contributed by atoms with Crippen LogP contribution in [0.2, 0.25) is 0 Å². The molecule has 6 heteroatoms. The van der Waals surface area contributed by atoms with Gasteiger partial charge in [-0.15, -0.1) is 0 Å². The zero-order valence-electron chi connectivity index (χ0n) is 12.3. The number of nitriles is 1. The van der Waals surface area contributed by atoms with E-state index in [4.69, 9.17) is 0 Å². The van der Waals surface area contributed by atoms with Gasteiger partial charge in [-0.1, -0.05) is 18.2 Å². The Kier molecular flexibility index (Phi) is 3.94. The number of nitro benzene ring substituents is 1. The van der Waals surface area contributed by atoms with Gasteiger partial charge in [0.25, 0.3) is 5.69 Å². The molecule has 116 valence electrons. The molecule has 2 aromatic carbocycles. The topological polar surface area (TPSA) is 70.2 Å². The Hall–Kier alpha value is -2.94. The molecule has 0 unspecified atom stereocenters. The molecule has 0 aliphatic heterocycles. The lowest BCUT2D eigenvalue weighted by Crippen LogP contribution is -2.26. The molecule has 23 heavy (non-hydrogen) atoms. The molecular formula is C17H14FN3O2. The molecule has 0 amide bonds. The SMILES string of the molecule is N#Cc1cc(F)ccc1N(Cc1ccccc1[N+](=O)[O-])C1CC1. The van der Waals surface area contributed by atoms with Crippen molar-refractivity contribution in [3.63, 3.8) is 0 Å². The fourth-order valence-corrected chi connectivity index (χ4v) is 2.65. The van der Waals surface area contributed by atoms with Crippen LogP contribution in [0.4, 0.5) is 15.8 Å². The Balaban J connectivity index is 1.99. The van der Waals surface area contributed by atoms with Crippen molar-refractivity contribution in [2.45, 2.75) is 25.4 Å². The lowest BCUT2D eigenvalue weighted by Gasteiger charge is -2.25. The molecule has 5 nitrogen and oxygen atoms in total. The number of hydrogen-bond donors (Lipinski definition) is 0. The predicted molar refractivity (Wildman–Crippen MR) is 83.4 cm³/mol. The Morgan fingerprint density at radius 3 is 2.70 bits per heavy atom. The monoisotopic (exact) mass is 311 g/mol. The van der Waals surface area contributed by atoms with Crippen molar-refractivity contribution in [1.29, 1.82) is 5.26 Å². The second kappa shape index (κ2) is 6.05. The third-order valence-corrected chi connectivity index (χ3v) is 3.91. The number of nitrogens with zero attached hydrogens (tertiary/aromatic N) is 3.